The van der Waals surface area contributed by atoms with Gasteiger partial charge in [0, 0.05) is 11.5 Å². The zero-order valence-electron chi connectivity index (χ0n) is 23.2. The number of hydrogen-bond acceptors (Lipinski definition) is 2. The van der Waals surface area contributed by atoms with Crippen molar-refractivity contribution in [2.75, 3.05) is 0 Å². The molecular weight excluding hydrogens is 459 g/mol. The van der Waals surface area contributed by atoms with Gasteiger partial charge in [-0.05, 0) is 78.5 Å². The first-order valence-electron chi connectivity index (χ1n) is 12.7. The van der Waals surface area contributed by atoms with Crippen LogP contribution < -0.4 is 0 Å². The Bertz CT molecular complexity index is 1130. The SMILES string of the molecule is CCCC(C)(C)C(C)C(=O)c1cc(C)c(/C(=C\C(=C(/C)CC)c2ccc(Cl)c(F)c2)C(C)(C)C)o1. The molecule has 2 nitrogen and oxygen atoms in total. The Balaban J connectivity index is 2.66. The van der Waals surface area contributed by atoms with Crippen molar-refractivity contribution in [2.24, 2.45) is 16.7 Å². The zero-order chi connectivity index (χ0) is 26.7. The number of rotatable bonds is 9. The smallest absolute Gasteiger partial charge is 0.201 e. The molecule has 1 heterocycles. The average Bonchev–Trinajstić information content (AvgIpc) is 3.15. The Kier molecular flexibility index (Phi) is 9.39. The van der Waals surface area contributed by atoms with Crippen LogP contribution in [0.2, 0.25) is 5.02 Å². The molecule has 0 radical (unpaired) electrons. The molecule has 192 valence electrons. The van der Waals surface area contributed by atoms with Gasteiger partial charge in [0.1, 0.15) is 11.6 Å². The van der Waals surface area contributed by atoms with Gasteiger partial charge in [0.15, 0.2) is 5.76 Å². The van der Waals surface area contributed by atoms with Crippen LogP contribution in [0.15, 0.2) is 40.3 Å². The van der Waals surface area contributed by atoms with Gasteiger partial charge < -0.3 is 4.42 Å². The lowest BCUT2D eigenvalue weighted by atomic mass is 9.74. The molecule has 1 aromatic carbocycles. The van der Waals surface area contributed by atoms with Gasteiger partial charge in [-0.25, -0.2) is 4.39 Å². The number of carbonyl (C=O) groups is 1. The lowest BCUT2D eigenvalue weighted by molar-refractivity contribution is 0.0776. The quantitative estimate of drug-likeness (QED) is 0.253. The molecule has 0 saturated carbocycles. The van der Waals surface area contributed by atoms with E-state index in [4.69, 9.17) is 16.0 Å². The van der Waals surface area contributed by atoms with Crippen LogP contribution in [0.1, 0.15) is 109 Å². The lowest BCUT2D eigenvalue weighted by Crippen LogP contribution is -2.28. The van der Waals surface area contributed by atoms with Crippen LogP contribution in [0.5, 0.6) is 0 Å². The molecule has 0 fully saturated rings. The van der Waals surface area contributed by atoms with E-state index in [1.165, 1.54) is 6.07 Å². The van der Waals surface area contributed by atoms with E-state index in [-0.39, 0.29) is 27.6 Å². The summed E-state index contributed by atoms with van der Waals surface area (Å²) in [5, 5.41) is 0.104. The Morgan fingerprint density at radius 3 is 2.29 bits per heavy atom. The van der Waals surface area contributed by atoms with Crippen LogP contribution in [0.25, 0.3) is 11.1 Å². The fraction of sp³-hybridized carbons (Fsp3) is 0.516. The number of allylic oxidation sites excluding steroid dienone is 4. The van der Waals surface area contributed by atoms with Crippen molar-refractivity contribution in [3.8, 4) is 0 Å². The maximum absolute atomic E-state index is 14.4. The number of carbonyl (C=O) groups excluding carboxylic acids is 1. The van der Waals surface area contributed by atoms with Crippen molar-refractivity contribution >= 4 is 28.5 Å². The monoisotopic (exact) mass is 500 g/mol. The van der Waals surface area contributed by atoms with E-state index in [1.54, 1.807) is 6.07 Å². The van der Waals surface area contributed by atoms with E-state index in [0.29, 0.717) is 11.5 Å². The highest BCUT2D eigenvalue weighted by molar-refractivity contribution is 6.30. The fourth-order valence-corrected chi connectivity index (χ4v) is 4.49. The molecule has 1 atom stereocenters. The average molecular weight is 501 g/mol. The van der Waals surface area contributed by atoms with E-state index in [1.807, 2.05) is 26.0 Å². The maximum atomic E-state index is 14.4. The number of aryl methyl sites for hydroxylation is 1. The standard InChI is InChI=1S/C31H42ClFO2/c1-11-15-31(9,10)21(5)28(34)27-16-20(4)29(35-27)24(30(6,7)8)18-23(19(3)12-2)22-13-14-25(32)26(33)17-22/h13-14,16-18,21H,11-12,15H2,1-10H3/b23-19-,24-18+. The van der Waals surface area contributed by atoms with E-state index >= 15 is 0 Å². The number of furan rings is 1. The minimum Gasteiger partial charge on any atom is -0.453 e. The number of ketones is 1. The predicted molar refractivity (Wildman–Crippen MR) is 147 cm³/mol. The van der Waals surface area contributed by atoms with Gasteiger partial charge in [-0.1, -0.05) is 85.1 Å². The van der Waals surface area contributed by atoms with E-state index in [9.17, 15) is 9.18 Å². The maximum Gasteiger partial charge on any atom is 0.201 e. The van der Waals surface area contributed by atoms with E-state index < -0.39 is 5.82 Å². The second-order valence-electron chi connectivity index (χ2n) is 11.4. The third kappa shape index (κ3) is 6.76. The summed E-state index contributed by atoms with van der Waals surface area (Å²) in [7, 11) is 0. The molecule has 0 saturated heterocycles. The van der Waals surface area contributed by atoms with Crippen LogP contribution in [0, 0.1) is 29.5 Å². The van der Waals surface area contributed by atoms with Gasteiger partial charge >= 0.3 is 0 Å². The van der Waals surface area contributed by atoms with Crippen molar-refractivity contribution in [1.82, 2.24) is 0 Å². The molecule has 2 aromatic rings. The highest BCUT2D eigenvalue weighted by Crippen LogP contribution is 2.41. The van der Waals surface area contributed by atoms with Crippen LogP contribution in [-0.2, 0) is 0 Å². The first-order chi connectivity index (χ1) is 16.1. The molecule has 0 N–H and O–H groups in total. The van der Waals surface area contributed by atoms with Crippen LogP contribution in [0.4, 0.5) is 4.39 Å². The van der Waals surface area contributed by atoms with Crippen molar-refractivity contribution < 1.29 is 13.6 Å². The highest BCUT2D eigenvalue weighted by atomic mass is 35.5. The normalized spacial score (nSPS) is 14.7. The molecule has 0 bridgehead atoms. The summed E-state index contributed by atoms with van der Waals surface area (Å²) in [6, 6.07) is 6.79. The Morgan fingerprint density at radius 1 is 1.14 bits per heavy atom. The third-order valence-corrected chi connectivity index (χ3v) is 7.49. The molecule has 0 aliphatic rings. The van der Waals surface area contributed by atoms with Crippen molar-refractivity contribution in [2.45, 2.75) is 88.5 Å². The number of Topliss-reactive ketones (excluding diaryl/α,β-unsaturated/α-hetero) is 1. The van der Waals surface area contributed by atoms with Gasteiger partial charge in [0.2, 0.25) is 5.78 Å². The van der Waals surface area contributed by atoms with Crippen LogP contribution >= 0.6 is 11.6 Å². The molecule has 0 aliphatic carbocycles. The molecule has 0 amide bonds. The summed E-state index contributed by atoms with van der Waals surface area (Å²) in [5.74, 6) is 0.544. The molecular formula is C31H42ClFO2. The van der Waals surface area contributed by atoms with Gasteiger partial charge in [-0.2, -0.15) is 0 Å². The number of halogens is 2. The molecule has 1 aromatic heterocycles. The van der Waals surface area contributed by atoms with Gasteiger partial charge in [0.25, 0.3) is 0 Å². The highest BCUT2D eigenvalue weighted by Gasteiger charge is 2.34. The number of hydrogen-bond donors (Lipinski definition) is 0. The summed E-state index contributed by atoms with van der Waals surface area (Å²) in [6.45, 7) is 20.9. The first-order valence-corrected chi connectivity index (χ1v) is 13.0. The van der Waals surface area contributed by atoms with Gasteiger partial charge in [0.05, 0.1) is 5.02 Å². The lowest BCUT2D eigenvalue weighted by Gasteiger charge is -2.30. The fourth-order valence-electron chi connectivity index (χ4n) is 4.37. The van der Waals surface area contributed by atoms with Crippen molar-refractivity contribution in [3.05, 3.63) is 69.4 Å². The number of benzene rings is 1. The van der Waals surface area contributed by atoms with Crippen molar-refractivity contribution in [3.63, 3.8) is 0 Å². The molecule has 0 aliphatic heterocycles. The minimum absolute atomic E-state index is 0.0336. The molecule has 0 spiro atoms. The second kappa shape index (κ2) is 11.3. The van der Waals surface area contributed by atoms with E-state index in [2.05, 4.69) is 61.5 Å². The molecule has 35 heavy (non-hydrogen) atoms. The summed E-state index contributed by atoms with van der Waals surface area (Å²) < 4.78 is 20.7. The minimum atomic E-state index is -0.443. The largest absolute Gasteiger partial charge is 0.453 e. The molecule has 2 rings (SSSR count). The summed E-state index contributed by atoms with van der Waals surface area (Å²) in [5.41, 5.74) is 4.34. The third-order valence-electron chi connectivity index (χ3n) is 7.18. The summed E-state index contributed by atoms with van der Waals surface area (Å²) >= 11 is 5.95. The van der Waals surface area contributed by atoms with Crippen LogP contribution in [-0.4, -0.2) is 5.78 Å². The molecule has 1 unspecified atom stereocenters. The first kappa shape index (κ1) is 29.1. The summed E-state index contributed by atoms with van der Waals surface area (Å²) in [4.78, 5) is 13.4. The van der Waals surface area contributed by atoms with Crippen molar-refractivity contribution in [1.29, 1.82) is 0 Å². The van der Waals surface area contributed by atoms with E-state index in [0.717, 1.165) is 47.1 Å². The Morgan fingerprint density at radius 2 is 1.77 bits per heavy atom. The predicted octanol–water partition coefficient (Wildman–Crippen LogP) is 10.3. The molecule has 4 heteroatoms. The zero-order valence-corrected chi connectivity index (χ0v) is 23.9. The van der Waals surface area contributed by atoms with Gasteiger partial charge in [-0.3, -0.25) is 4.79 Å². The Labute approximate surface area is 216 Å². The second-order valence-corrected chi connectivity index (χ2v) is 11.8. The topological polar surface area (TPSA) is 30.2 Å². The van der Waals surface area contributed by atoms with Gasteiger partial charge in [-0.15, -0.1) is 0 Å². The Hall–Kier alpha value is -2.13. The van der Waals surface area contributed by atoms with Crippen LogP contribution in [0.3, 0.4) is 0 Å². The summed E-state index contributed by atoms with van der Waals surface area (Å²) in [6.07, 6.45) is 4.91.